The predicted octanol–water partition coefficient (Wildman–Crippen LogP) is 2.60. The Bertz CT molecular complexity index is 460. The van der Waals surface area contributed by atoms with Gasteiger partial charge in [-0.3, -0.25) is 9.59 Å². The highest BCUT2D eigenvalue weighted by molar-refractivity contribution is 6.30. The molecule has 1 aromatic rings. The van der Waals surface area contributed by atoms with E-state index in [1.165, 1.54) is 12.3 Å². The van der Waals surface area contributed by atoms with Gasteiger partial charge in [-0.1, -0.05) is 25.4 Å². The van der Waals surface area contributed by atoms with E-state index in [0.29, 0.717) is 17.5 Å². The number of hydrogen-bond acceptors (Lipinski definition) is 3. The second-order valence-corrected chi connectivity index (χ2v) is 5.60. The Kier molecular flexibility index (Phi) is 6.45. The summed E-state index contributed by atoms with van der Waals surface area (Å²) >= 11 is 5.70. The summed E-state index contributed by atoms with van der Waals surface area (Å²) in [5, 5.41) is 12.1. The third kappa shape index (κ3) is 6.02. The number of carboxylic acids is 1. The van der Waals surface area contributed by atoms with Gasteiger partial charge in [-0.2, -0.15) is 0 Å². The average molecular weight is 299 g/mol. The number of nitrogens with zero attached hydrogens (tertiary/aromatic N) is 1. The van der Waals surface area contributed by atoms with Crippen LogP contribution in [0.3, 0.4) is 0 Å². The highest BCUT2D eigenvalue weighted by Gasteiger charge is 2.16. The summed E-state index contributed by atoms with van der Waals surface area (Å²) in [5.74, 6) is -0.871. The SMILES string of the molecule is CC(C)CC(CNC(=O)c1ccc(Cl)cn1)CC(=O)O. The van der Waals surface area contributed by atoms with Crippen LogP contribution in [0.2, 0.25) is 5.02 Å². The van der Waals surface area contributed by atoms with Crippen molar-refractivity contribution in [3.8, 4) is 0 Å². The second-order valence-electron chi connectivity index (χ2n) is 5.17. The Morgan fingerprint density at radius 3 is 2.60 bits per heavy atom. The van der Waals surface area contributed by atoms with E-state index >= 15 is 0 Å². The molecule has 0 aliphatic heterocycles. The molecule has 1 atom stereocenters. The quantitative estimate of drug-likeness (QED) is 0.811. The number of aliphatic carboxylic acids is 1. The fourth-order valence-electron chi connectivity index (χ4n) is 1.99. The number of rotatable bonds is 7. The zero-order chi connectivity index (χ0) is 15.1. The van der Waals surface area contributed by atoms with Crippen molar-refractivity contribution < 1.29 is 14.7 Å². The summed E-state index contributed by atoms with van der Waals surface area (Å²) in [4.78, 5) is 26.6. The standard InChI is InChI=1S/C14H19ClN2O3/c1-9(2)5-10(6-13(18)19)7-17-14(20)12-4-3-11(15)8-16-12/h3-4,8-10H,5-7H2,1-2H3,(H,17,20)(H,18,19). The minimum absolute atomic E-state index is 0.0481. The molecule has 1 rings (SSSR count). The Hall–Kier alpha value is -1.62. The van der Waals surface area contributed by atoms with Gasteiger partial charge in [0.15, 0.2) is 0 Å². The maximum Gasteiger partial charge on any atom is 0.303 e. The molecule has 0 bridgehead atoms. The molecule has 0 radical (unpaired) electrons. The summed E-state index contributed by atoms with van der Waals surface area (Å²) < 4.78 is 0. The van der Waals surface area contributed by atoms with Gasteiger partial charge >= 0.3 is 5.97 Å². The zero-order valence-corrected chi connectivity index (χ0v) is 12.4. The van der Waals surface area contributed by atoms with Crippen molar-refractivity contribution in [3.63, 3.8) is 0 Å². The Morgan fingerprint density at radius 2 is 2.10 bits per heavy atom. The van der Waals surface area contributed by atoms with Crippen molar-refractivity contribution in [1.29, 1.82) is 0 Å². The van der Waals surface area contributed by atoms with Crippen molar-refractivity contribution in [1.82, 2.24) is 10.3 Å². The molecule has 1 aromatic heterocycles. The Balaban J connectivity index is 2.55. The van der Waals surface area contributed by atoms with Crippen molar-refractivity contribution in [2.75, 3.05) is 6.54 Å². The highest BCUT2D eigenvalue weighted by atomic mass is 35.5. The third-order valence-electron chi connectivity index (χ3n) is 2.78. The number of nitrogens with one attached hydrogen (secondary N) is 1. The predicted molar refractivity (Wildman–Crippen MR) is 76.8 cm³/mol. The van der Waals surface area contributed by atoms with E-state index in [9.17, 15) is 9.59 Å². The molecule has 0 aliphatic rings. The number of carbonyl (C=O) groups excluding carboxylic acids is 1. The van der Waals surface area contributed by atoms with E-state index in [4.69, 9.17) is 16.7 Å². The lowest BCUT2D eigenvalue weighted by molar-refractivity contribution is -0.138. The van der Waals surface area contributed by atoms with Gasteiger partial charge in [0.2, 0.25) is 0 Å². The van der Waals surface area contributed by atoms with Gasteiger partial charge in [-0.25, -0.2) is 4.98 Å². The Morgan fingerprint density at radius 1 is 1.40 bits per heavy atom. The van der Waals surface area contributed by atoms with E-state index in [1.54, 1.807) is 6.07 Å². The summed E-state index contributed by atoms with van der Waals surface area (Å²) in [7, 11) is 0. The summed E-state index contributed by atoms with van der Waals surface area (Å²) in [6, 6.07) is 3.12. The van der Waals surface area contributed by atoms with Gasteiger partial charge in [-0.05, 0) is 30.4 Å². The van der Waals surface area contributed by atoms with Gasteiger partial charge in [-0.15, -0.1) is 0 Å². The lowest BCUT2D eigenvalue weighted by atomic mass is 9.94. The molecule has 0 fully saturated rings. The van der Waals surface area contributed by atoms with Gasteiger partial charge in [0.1, 0.15) is 5.69 Å². The molecule has 2 N–H and O–H groups in total. The van der Waals surface area contributed by atoms with Gasteiger partial charge in [0, 0.05) is 19.2 Å². The van der Waals surface area contributed by atoms with Crippen LogP contribution < -0.4 is 5.32 Å². The van der Waals surface area contributed by atoms with Gasteiger partial charge in [0.25, 0.3) is 5.91 Å². The average Bonchev–Trinajstić information content (AvgIpc) is 2.35. The van der Waals surface area contributed by atoms with Crippen LogP contribution in [0.15, 0.2) is 18.3 Å². The molecule has 6 heteroatoms. The molecular weight excluding hydrogens is 280 g/mol. The van der Waals surface area contributed by atoms with Crippen molar-refractivity contribution in [3.05, 3.63) is 29.0 Å². The summed E-state index contributed by atoms with van der Waals surface area (Å²) in [6.07, 6.45) is 2.20. The van der Waals surface area contributed by atoms with E-state index in [-0.39, 0.29) is 23.9 Å². The number of halogens is 1. The van der Waals surface area contributed by atoms with Crippen LogP contribution >= 0.6 is 11.6 Å². The van der Waals surface area contributed by atoms with Gasteiger partial charge in [0.05, 0.1) is 5.02 Å². The van der Waals surface area contributed by atoms with E-state index in [1.807, 2.05) is 13.8 Å². The fourth-order valence-corrected chi connectivity index (χ4v) is 2.10. The molecule has 0 saturated heterocycles. The first-order valence-corrected chi connectivity index (χ1v) is 6.87. The van der Waals surface area contributed by atoms with Crippen molar-refractivity contribution in [2.45, 2.75) is 26.7 Å². The molecule has 0 aliphatic carbocycles. The smallest absolute Gasteiger partial charge is 0.303 e. The Labute approximate surface area is 123 Å². The fraction of sp³-hybridized carbons (Fsp3) is 0.500. The van der Waals surface area contributed by atoms with E-state index in [0.717, 1.165) is 6.42 Å². The maximum atomic E-state index is 11.9. The minimum atomic E-state index is -0.852. The summed E-state index contributed by atoms with van der Waals surface area (Å²) in [5.41, 5.74) is 0.271. The van der Waals surface area contributed by atoms with E-state index < -0.39 is 5.97 Å². The number of carboxylic acid groups (broad SMARTS) is 1. The lowest BCUT2D eigenvalue weighted by Gasteiger charge is -2.17. The molecule has 1 unspecified atom stereocenters. The maximum absolute atomic E-state index is 11.9. The first-order chi connectivity index (χ1) is 9.38. The molecule has 1 amide bonds. The van der Waals surface area contributed by atoms with E-state index in [2.05, 4.69) is 10.3 Å². The normalized spacial score (nSPS) is 12.2. The first-order valence-electron chi connectivity index (χ1n) is 6.50. The van der Waals surface area contributed by atoms with Crippen molar-refractivity contribution in [2.24, 2.45) is 11.8 Å². The van der Waals surface area contributed by atoms with Crippen LogP contribution in [0.4, 0.5) is 0 Å². The van der Waals surface area contributed by atoms with Gasteiger partial charge < -0.3 is 10.4 Å². The first kappa shape index (κ1) is 16.4. The highest BCUT2D eigenvalue weighted by Crippen LogP contribution is 2.15. The molecule has 0 aromatic carbocycles. The molecule has 0 spiro atoms. The summed E-state index contributed by atoms with van der Waals surface area (Å²) in [6.45, 7) is 4.38. The van der Waals surface area contributed by atoms with Crippen LogP contribution in [-0.2, 0) is 4.79 Å². The molecule has 20 heavy (non-hydrogen) atoms. The molecule has 1 heterocycles. The second kappa shape index (κ2) is 7.85. The molecular formula is C14H19ClN2O3. The van der Waals surface area contributed by atoms with Crippen LogP contribution in [0.25, 0.3) is 0 Å². The number of amides is 1. The zero-order valence-electron chi connectivity index (χ0n) is 11.6. The third-order valence-corrected chi connectivity index (χ3v) is 3.00. The minimum Gasteiger partial charge on any atom is -0.481 e. The monoisotopic (exact) mass is 298 g/mol. The van der Waals surface area contributed by atoms with Crippen LogP contribution in [0, 0.1) is 11.8 Å². The lowest BCUT2D eigenvalue weighted by Crippen LogP contribution is -2.31. The molecule has 5 nitrogen and oxygen atoms in total. The van der Waals surface area contributed by atoms with Crippen molar-refractivity contribution >= 4 is 23.5 Å². The molecule has 0 saturated carbocycles. The number of hydrogen-bond donors (Lipinski definition) is 2. The number of carbonyl (C=O) groups is 2. The van der Waals surface area contributed by atoms with Crippen LogP contribution in [0.5, 0.6) is 0 Å². The van der Waals surface area contributed by atoms with Crippen LogP contribution in [-0.4, -0.2) is 28.5 Å². The number of pyridine rings is 1. The number of aromatic nitrogens is 1. The van der Waals surface area contributed by atoms with Crippen LogP contribution in [0.1, 0.15) is 37.2 Å². The molecule has 110 valence electrons. The topological polar surface area (TPSA) is 79.3 Å². The largest absolute Gasteiger partial charge is 0.481 e.